The number of nitrogens with one attached hydrogen (secondary N) is 1. The highest BCUT2D eigenvalue weighted by atomic mass is 32.2. The zero-order valence-electron chi connectivity index (χ0n) is 5.78. The standard InChI is InChI=1S/C4H10N2O4S/c5-6-11(9,10)3-1-2-4(7)8/h6H,1-3,5H2,(H,7,8). The van der Waals surface area contributed by atoms with E-state index in [1.165, 1.54) is 0 Å². The van der Waals surface area contributed by atoms with Crippen LogP contribution in [-0.2, 0) is 14.8 Å². The van der Waals surface area contributed by atoms with Gasteiger partial charge in [-0.05, 0) is 6.42 Å². The number of hydrazine groups is 1. The zero-order chi connectivity index (χ0) is 8.91. The fraction of sp³-hybridized carbons (Fsp3) is 0.750. The van der Waals surface area contributed by atoms with Gasteiger partial charge in [0.2, 0.25) is 10.0 Å². The van der Waals surface area contributed by atoms with Crippen LogP contribution in [0.2, 0.25) is 0 Å². The lowest BCUT2D eigenvalue weighted by Gasteiger charge is -1.98. The van der Waals surface area contributed by atoms with Crippen molar-refractivity contribution in [3.8, 4) is 0 Å². The van der Waals surface area contributed by atoms with Crippen LogP contribution in [0, 0.1) is 0 Å². The number of aliphatic carboxylic acids is 1. The number of carbonyl (C=O) groups is 1. The molecule has 7 heteroatoms. The summed E-state index contributed by atoms with van der Waals surface area (Å²) < 4.78 is 21.1. The second-order valence-electron chi connectivity index (χ2n) is 1.93. The van der Waals surface area contributed by atoms with Gasteiger partial charge in [0.25, 0.3) is 0 Å². The summed E-state index contributed by atoms with van der Waals surface area (Å²) in [5, 5.41) is 8.14. The summed E-state index contributed by atoms with van der Waals surface area (Å²) in [6.07, 6.45) is -0.0945. The van der Waals surface area contributed by atoms with Crippen LogP contribution in [0.25, 0.3) is 0 Å². The Labute approximate surface area is 64.4 Å². The molecule has 0 aliphatic rings. The largest absolute Gasteiger partial charge is 0.481 e. The summed E-state index contributed by atoms with van der Waals surface area (Å²) in [6, 6.07) is 0. The molecule has 0 radical (unpaired) electrons. The molecule has 0 aromatic carbocycles. The van der Waals surface area contributed by atoms with Crippen LogP contribution in [0.15, 0.2) is 0 Å². The van der Waals surface area contributed by atoms with Crippen LogP contribution in [0.5, 0.6) is 0 Å². The second kappa shape index (κ2) is 4.27. The summed E-state index contributed by atoms with van der Waals surface area (Å²) in [7, 11) is -3.45. The van der Waals surface area contributed by atoms with Gasteiger partial charge in [0, 0.05) is 6.42 Å². The van der Waals surface area contributed by atoms with Crippen molar-refractivity contribution < 1.29 is 18.3 Å². The molecular formula is C4H10N2O4S. The van der Waals surface area contributed by atoms with E-state index in [-0.39, 0.29) is 18.6 Å². The minimum Gasteiger partial charge on any atom is -0.481 e. The number of sulfonamides is 1. The Morgan fingerprint density at radius 1 is 1.55 bits per heavy atom. The van der Waals surface area contributed by atoms with E-state index in [9.17, 15) is 13.2 Å². The van der Waals surface area contributed by atoms with Gasteiger partial charge in [-0.25, -0.2) is 8.42 Å². The van der Waals surface area contributed by atoms with Crippen molar-refractivity contribution in [1.82, 2.24) is 4.83 Å². The first-order chi connectivity index (χ1) is 4.98. The first-order valence-electron chi connectivity index (χ1n) is 2.90. The molecule has 4 N–H and O–H groups in total. The van der Waals surface area contributed by atoms with Crippen LogP contribution in [-0.4, -0.2) is 25.2 Å². The molecule has 6 nitrogen and oxygen atoms in total. The molecule has 0 saturated heterocycles. The Balaban J connectivity index is 3.63. The molecule has 0 fully saturated rings. The van der Waals surface area contributed by atoms with E-state index in [0.717, 1.165) is 0 Å². The van der Waals surface area contributed by atoms with Gasteiger partial charge in [-0.1, -0.05) is 0 Å². The molecule has 11 heavy (non-hydrogen) atoms. The van der Waals surface area contributed by atoms with Crippen LogP contribution < -0.4 is 10.7 Å². The molecule has 0 heterocycles. The number of hydrogen-bond acceptors (Lipinski definition) is 4. The molecule has 0 aromatic rings. The van der Waals surface area contributed by atoms with Crippen LogP contribution >= 0.6 is 0 Å². The van der Waals surface area contributed by atoms with E-state index in [4.69, 9.17) is 5.11 Å². The maximum Gasteiger partial charge on any atom is 0.303 e. The lowest BCUT2D eigenvalue weighted by atomic mass is 10.3. The summed E-state index contributed by atoms with van der Waals surface area (Å²) in [6.45, 7) is 0. The normalized spacial score (nSPS) is 11.4. The molecule has 0 unspecified atom stereocenters. The molecule has 0 aliphatic carbocycles. The minimum absolute atomic E-state index is 0.0713. The molecule has 0 aliphatic heterocycles. The predicted molar refractivity (Wildman–Crippen MR) is 38.0 cm³/mol. The molecule has 0 rings (SSSR count). The topological polar surface area (TPSA) is 109 Å². The maximum atomic E-state index is 10.6. The van der Waals surface area contributed by atoms with Crippen molar-refractivity contribution in [2.45, 2.75) is 12.8 Å². The minimum atomic E-state index is -3.45. The first-order valence-corrected chi connectivity index (χ1v) is 4.55. The number of rotatable bonds is 5. The lowest BCUT2D eigenvalue weighted by molar-refractivity contribution is -0.137. The molecule has 66 valence electrons. The van der Waals surface area contributed by atoms with E-state index < -0.39 is 16.0 Å². The van der Waals surface area contributed by atoms with Crippen LogP contribution in [0.3, 0.4) is 0 Å². The summed E-state index contributed by atoms with van der Waals surface area (Å²) >= 11 is 0. The fourth-order valence-corrected chi connectivity index (χ4v) is 1.11. The SMILES string of the molecule is NNS(=O)(=O)CCCC(=O)O. The predicted octanol–water partition coefficient (Wildman–Crippen LogP) is -1.36. The van der Waals surface area contributed by atoms with Crippen molar-refractivity contribution in [1.29, 1.82) is 0 Å². The quantitative estimate of drug-likeness (QED) is 0.359. The third-order valence-corrected chi connectivity index (χ3v) is 2.17. The van der Waals surface area contributed by atoms with E-state index in [1.54, 1.807) is 4.83 Å². The van der Waals surface area contributed by atoms with Gasteiger partial charge in [-0.15, -0.1) is 0 Å². The van der Waals surface area contributed by atoms with Gasteiger partial charge < -0.3 is 5.11 Å². The number of nitrogens with two attached hydrogens (primary N) is 1. The Hall–Kier alpha value is -0.660. The second-order valence-corrected chi connectivity index (χ2v) is 3.81. The van der Waals surface area contributed by atoms with Gasteiger partial charge >= 0.3 is 5.97 Å². The Morgan fingerprint density at radius 3 is 2.45 bits per heavy atom. The van der Waals surface area contributed by atoms with Crippen molar-refractivity contribution in [2.24, 2.45) is 5.84 Å². The Morgan fingerprint density at radius 2 is 2.09 bits per heavy atom. The summed E-state index contributed by atoms with van der Waals surface area (Å²) in [4.78, 5) is 11.5. The van der Waals surface area contributed by atoms with Crippen LogP contribution in [0.4, 0.5) is 0 Å². The lowest BCUT2D eigenvalue weighted by Crippen LogP contribution is -2.32. The van der Waals surface area contributed by atoms with Gasteiger partial charge in [-0.2, -0.15) is 4.83 Å². The van der Waals surface area contributed by atoms with Crippen LogP contribution in [0.1, 0.15) is 12.8 Å². The summed E-state index contributed by atoms with van der Waals surface area (Å²) in [5.41, 5.74) is 0. The molecule has 0 aromatic heterocycles. The van der Waals surface area contributed by atoms with Crippen molar-refractivity contribution in [3.05, 3.63) is 0 Å². The van der Waals surface area contributed by atoms with Gasteiger partial charge in [-0.3, -0.25) is 10.6 Å². The van der Waals surface area contributed by atoms with Crippen molar-refractivity contribution >= 4 is 16.0 Å². The smallest absolute Gasteiger partial charge is 0.303 e. The third kappa shape index (κ3) is 5.77. The summed E-state index contributed by atoms with van der Waals surface area (Å²) in [5.74, 6) is 3.37. The number of hydrogen-bond donors (Lipinski definition) is 3. The molecule has 0 spiro atoms. The van der Waals surface area contributed by atoms with Gasteiger partial charge in [0.1, 0.15) is 0 Å². The molecule has 0 atom stereocenters. The monoisotopic (exact) mass is 182 g/mol. The first kappa shape index (κ1) is 10.3. The zero-order valence-corrected chi connectivity index (χ0v) is 6.60. The number of carboxylic acid groups (broad SMARTS) is 1. The fourth-order valence-electron chi connectivity index (χ4n) is 0.472. The van der Waals surface area contributed by atoms with Gasteiger partial charge in [0.15, 0.2) is 0 Å². The molecule has 0 amide bonds. The average molecular weight is 182 g/mol. The maximum absolute atomic E-state index is 10.6. The third-order valence-electron chi connectivity index (χ3n) is 0.983. The highest BCUT2D eigenvalue weighted by molar-refractivity contribution is 7.89. The molecular weight excluding hydrogens is 172 g/mol. The Bertz CT molecular complexity index is 222. The average Bonchev–Trinajstić information content (AvgIpc) is 1.87. The highest BCUT2D eigenvalue weighted by Crippen LogP contribution is 1.92. The Kier molecular flexibility index (Phi) is 4.01. The van der Waals surface area contributed by atoms with E-state index in [2.05, 4.69) is 5.84 Å². The molecule has 0 saturated carbocycles. The van der Waals surface area contributed by atoms with E-state index in [0.29, 0.717) is 0 Å². The molecule has 0 bridgehead atoms. The highest BCUT2D eigenvalue weighted by Gasteiger charge is 2.07. The van der Waals surface area contributed by atoms with Crippen molar-refractivity contribution in [3.63, 3.8) is 0 Å². The number of carboxylic acids is 1. The van der Waals surface area contributed by atoms with E-state index in [1.807, 2.05) is 0 Å². The van der Waals surface area contributed by atoms with E-state index >= 15 is 0 Å². The van der Waals surface area contributed by atoms with Gasteiger partial charge in [0.05, 0.1) is 5.75 Å². The van der Waals surface area contributed by atoms with Crippen molar-refractivity contribution in [2.75, 3.05) is 5.75 Å².